The number of rotatable bonds is 1. The Kier molecular flexibility index (Phi) is 3.45. The zero-order valence-electron chi connectivity index (χ0n) is 11.0. The van der Waals surface area contributed by atoms with E-state index in [9.17, 15) is 9.59 Å². The number of likely N-dealkylation sites (tertiary alicyclic amines) is 2. The molecule has 2 heterocycles. The molecule has 0 aromatic rings. The number of nitrogens with zero attached hydrogens (tertiary/aromatic N) is 2. The topological polar surface area (TPSA) is 49.9 Å². The summed E-state index contributed by atoms with van der Waals surface area (Å²) in [7, 11) is 0. The quantitative estimate of drug-likeness (QED) is 0.680. The third-order valence-corrected chi connectivity index (χ3v) is 3.53. The van der Waals surface area contributed by atoms with Gasteiger partial charge in [0.15, 0.2) is 0 Å². The SMILES string of the molecule is CC(C)(C)OC(=O)N1C[C@@H]2C[C@H]1CN2C(=O)CCl. The molecule has 0 aromatic heterocycles. The molecule has 0 unspecified atom stereocenters. The maximum Gasteiger partial charge on any atom is 0.410 e. The van der Waals surface area contributed by atoms with Crippen LogP contribution in [0.2, 0.25) is 0 Å². The molecule has 2 fully saturated rings. The van der Waals surface area contributed by atoms with Crippen molar-refractivity contribution >= 4 is 23.6 Å². The number of carbonyl (C=O) groups excluding carboxylic acids is 2. The van der Waals surface area contributed by atoms with Gasteiger partial charge in [0.1, 0.15) is 11.5 Å². The third-order valence-electron chi connectivity index (χ3n) is 3.30. The number of halogens is 1. The molecule has 2 aliphatic rings. The van der Waals surface area contributed by atoms with Gasteiger partial charge in [0, 0.05) is 13.1 Å². The first-order valence-corrected chi connectivity index (χ1v) is 6.70. The fourth-order valence-electron chi connectivity index (χ4n) is 2.59. The second kappa shape index (κ2) is 4.61. The van der Waals surface area contributed by atoms with E-state index in [0.717, 1.165) is 6.42 Å². The molecule has 0 N–H and O–H groups in total. The van der Waals surface area contributed by atoms with Crippen LogP contribution in [0.5, 0.6) is 0 Å². The molecule has 2 amide bonds. The summed E-state index contributed by atoms with van der Waals surface area (Å²) in [6.07, 6.45) is 0.551. The van der Waals surface area contributed by atoms with E-state index in [-0.39, 0.29) is 30.0 Å². The van der Waals surface area contributed by atoms with Crippen molar-refractivity contribution in [2.24, 2.45) is 0 Å². The van der Waals surface area contributed by atoms with Gasteiger partial charge in [0.25, 0.3) is 0 Å². The van der Waals surface area contributed by atoms with E-state index in [4.69, 9.17) is 16.3 Å². The Hall–Kier alpha value is -0.970. The molecule has 6 heteroatoms. The number of amides is 2. The third kappa shape index (κ3) is 2.55. The lowest BCUT2D eigenvalue weighted by molar-refractivity contribution is -0.130. The highest BCUT2D eigenvalue weighted by atomic mass is 35.5. The number of piperazine rings is 1. The van der Waals surface area contributed by atoms with E-state index in [1.807, 2.05) is 20.8 Å². The van der Waals surface area contributed by atoms with Crippen LogP contribution in [0.25, 0.3) is 0 Å². The van der Waals surface area contributed by atoms with E-state index >= 15 is 0 Å². The number of carbonyl (C=O) groups is 2. The number of hydrogen-bond donors (Lipinski definition) is 0. The largest absolute Gasteiger partial charge is 0.444 e. The average Bonchev–Trinajstić information content (AvgIpc) is 2.84. The smallest absolute Gasteiger partial charge is 0.410 e. The summed E-state index contributed by atoms with van der Waals surface area (Å²) in [5.41, 5.74) is -0.482. The maximum atomic E-state index is 12.0. The van der Waals surface area contributed by atoms with Gasteiger partial charge in [-0.25, -0.2) is 4.79 Å². The van der Waals surface area contributed by atoms with Crippen LogP contribution in [-0.4, -0.2) is 58.5 Å². The summed E-state index contributed by atoms with van der Waals surface area (Å²) >= 11 is 5.56. The first-order valence-electron chi connectivity index (χ1n) is 6.17. The molecule has 0 spiro atoms. The Morgan fingerprint density at radius 3 is 2.22 bits per heavy atom. The first-order chi connectivity index (χ1) is 8.31. The Morgan fingerprint density at radius 2 is 1.78 bits per heavy atom. The molecule has 2 atom stereocenters. The highest BCUT2D eigenvalue weighted by molar-refractivity contribution is 6.27. The molecule has 0 aromatic carbocycles. The molecule has 5 nitrogen and oxygen atoms in total. The monoisotopic (exact) mass is 274 g/mol. The molecule has 0 saturated carbocycles. The summed E-state index contributed by atoms with van der Waals surface area (Å²) in [5, 5.41) is 0. The van der Waals surface area contributed by atoms with Crippen LogP contribution in [0.15, 0.2) is 0 Å². The lowest BCUT2D eigenvalue weighted by atomic mass is 10.2. The van der Waals surface area contributed by atoms with E-state index < -0.39 is 5.60 Å². The summed E-state index contributed by atoms with van der Waals surface area (Å²) in [6.45, 7) is 6.69. The zero-order valence-corrected chi connectivity index (χ0v) is 11.7. The van der Waals surface area contributed by atoms with Gasteiger partial charge in [-0.15, -0.1) is 11.6 Å². The van der Waals surface area contributed by atoms with Crippen LogP contribution < -0.4 is 0 Å². The summed E-state index contributed by atoms with van der Waals surface area (Å²) in [4.78, 5) is 27.0. The molecule has 2 saturated heterocycles. The predicted octanol–water partition coefficient (Wildman–Crippen LogP) is 1.45. The maximum absolute atomic E-state index is 12.0. The number of hydrogen-bond acceptors (Lipinski definition) is 3. The molecular weight excluding hydrogens is 256 g/mol. The van der Waals surface area contributed by atoms with Crippen LogP contribution in [-0.2, 0) is 9.53 Å². The van der Waals surface area contributed by atoms with Crippen molar-refractivity contribution in [3.05, 3.63) is 0 Å². The van der Waals surface area contributed by atoms with E-state index in [2.05, 4.69) is 0 Å². The van der Waals surface area contributed by atoms with Crippen molar-refractivity contribution in [2.45, 2.75) is 44.9 Å². The minimum absolute atomic E-state index is 0.00958. The minimum atomic E-state index is -0.482. The molecule has 2 aliphatic heterocycles. The number of ether oxygens (including phenoxy) is 1. The molecule has 2 rings (SSSR count). The first kappa shape index (κ1) is 13.5. The Balaban J connectivity index is 1.95. The predicted molar refractivity (Wildman–Crippen MR) is 67.6 cm³/mol. The van der Waals surface area contributed by atoms with Gasteiger partial charge in [0.2, 0.25) is 5.91 Å². The number of fused-ring (bicyclic) bond motifs is 2. The average molecular weight is 275 g/mol. The highest BCUT2D eigenvalue weighted by Gasteiger charge is 2.47. The van der Waals surface area contributed by atoms with Gasteiger partial charge in [0.05, 0.1) is 12.1 Å². The van der Waals surface area contributed by atoms with Crippen LogP contribution in [0.1, 0.15) is 27.2 Å². The standard InChI is InChI=1S/C12H19ClN2O3/c1-12(2,3)18-11(17)15-7-8-4-9(15)6-14(8)10(16)5-13/h8-9H,4-7H2,1-3H3/t8-,9-/m0/s1. The van der Waals surface area contributed by atoms with Crippen molar-refractivity contribution < 1.29 is 14.3 Å². The molecular formula is C12H19ClN2O3. The van der Waals surface area contributed by atoms with Gasteiger partial charge in [-0.1, -0.05) is 0 Å². The van der Waals surface area contributed by atoms with Crippen molar-refractivity contribution in [2.75, 3.05) is 19.0 Å². The van der Waals surface area contributed by atoms with E-state index in [0.29, 0.717) is 13.1 Å². The minimum Gasteiger partial charge on any atom is -0.444 e. The van der Waals surface area contributed by atoms with Crippen molar-refractivity contribution in [1.82, 2.24) is 9.80 Å². The van der Waals surface area contributed by atoms with Gasteiger partial charge < -0.3 is 14.5 Å². The normalized spacial score (nSPS) is 26.7. The van der Waals surface area contributed by atoms with E-state index in [1.54, 1.807) is 9.80 Å². The molecule has 102 valence electrons. The van der Waals surface area contributed by atoms with Gasteiger partial charge in [-0.3, -0.25) is 4.79 Å². The Labute approximate surface area is 112 Å². The van der Waals surface area contributed by atoms with Crippen molar-refractivity contribution in [1.29, 1.82) is 0 Å². The van der Waals surface area contributed by atoms with Crippen LogP contribution in [0.4, 0.5) is 4.79 Å². The highest BCUT2D eigenvalue weighted by Crippen LogP contribution is 2.31. The molecule has 2 bridgehead atoms. The summed E-state index contributed by atoms with van der Waals surface area (Å²) in [6, 6.07) is 0.186. The van der Waals surface area contributed by atoms with Crippen molar-refractivity contribution in [3.8, 4) is 0 Å². The summed E-state index contributed by atoms with van der Waals surface area (Å²) in [5.74, 6) is -0.0386. The zero-order chi connectivity index (χ0) is 13.5. The van der Waals surface area contributed by atoms with E-state index in [1.165, 1.54) is 0 Å². The second-order valence-electron chi connectivity index (χ2n) is 5.86. The van der Waals surface area contributed by atoms with Gasteiger partial charge in [-0.2, -0.15) is 0 Å². The summed E-state index contributed by atoms with van der Waals surface area (Å²) < 4.78 is 5.35. The van der Waals surface area contributed by atoms with Gasteiger partial charge in [-0.05, 0) is 27.2 Å². The van der Waals surface area contributed by atoms with Crippen LogP contribution in [0.3, 0.4) is 0 Å². The lowest BCUT2D eigenvalue weighted by Gasteiger charge is -2.34. The molecule has 18 heavy (non-hydrogen) atoms. The van der Waals surface area contributed by atoms with Crippen LogP contribution >= 0.6 is 11.6 Å². The second-order valence-corrected chi connectivity index (χ2v) is 6.12. The fraction of sp³-hybridized carbons (Fsp3) is 0.833. The Bertz CT molecular complexity index is 367. The van der Waals surface area contributed by atoms with Crippen molar-refractivity contribution in [3.63, 3.8) is 0 Å². The van der Waals surface area contributed by atoms with Gasteiger partial charge >= 0.3 is 6.09 Å². The van der Waals surface area contributed by atoms with Crippen LogP contribution in [0, 0.1) is 0 Å². The number of alkyl halides is 1. The molecule has 0 aliphatic carbocycles. The lowest BCUT2D eigenvalue weighted by Crippen LogP contribution is -2.52. The fourth-order valence-corrected chi connectivity index (χ4v) is 2.75. The Morgan fingerprint density at radius 1 is 1.22 bits per heavy atom. The molecule has 0 radical (unpaired) electrons.